The first-order valence-corrected chi connectivity index (χ1v) is 15.7. The molecule has 2 aliphatic rings. The second kappa shape index (κ2) is 14.1. The number of esters is 1. The molecule has 0 saturated carbocycles. The van der Waals surface area contributed by atoms with Crippen LogP contribution in [0.25, 0.3) is 0 Å². The van der Waals surface area contributed by atoms with Gasteiger partial charge in [0, 0.05) is 17.6 Å². The molecule has 8 nitrogen and oxygen atoms in total. The molecule has 2 unspecified atom stereocenters. The molecule has 4 rings (SSSR count). The van der Waals surface area contributed by atoms with Crippen LogP contribution < -0.4 is 0 Å². The topological polar surface area (TPSA) is 85.4 Å². The molecule has 2 aromatic carbocycles. The number of carbonyl (C=O) groups is 3. The fourth-order valence-corrected chi connectivity index (χ4v) is 6.04. The first-order valence-electron chi connectivity index (χ1n) is 14.9. The second-order valence-electron chi connectivity index (χ2n) is 13.2. The van der Waals surface area contributed by atoms with Gasteiger partial charge in [-0.15, -0.1) is 0 Å². The Bertz CT molecular complexity index is 1310. The predicted octanol–water partition coefficient (Wildman–Crippen LogP) is 8.68. The Labute approximate surface area is 265 Å². The van der Waals surface area contributed by atoms with E-state index < -0.39 is 11.2 Å². The molecule has 0 bridgehead atoms. The van der Waals surface area contributed by atoms with Crippen LogP contribution in [0.3, 0.4) is 0 Å². The largest absolute Gasteiger partial charge is 0.465 e. The summed E-state index contributed by atoms with van der Waals surface area (Å²) in [6, 6.07) is 11.8. The third-order valence-corrected chi connectivity index (χ3v) is 7.90. The van der Waals surface area contributed by atoms with E-state index in [0.717, 1.165) is 47.8 Å². The number of ether oxygens (including phenoxy) is 3. The highest BCUT2D eigenvalue weighted by atomic mass is 79.9. The Morgan fingerprint density at radius 3 is 1.58 bits per heavy atom. The maximum atomic E-state index is 12.4. The number of hydrogen-bond acceptors (Lipinski definition) is 6. The molecule has 0 N–H and O–H groups in total. The maximum Gasteiger partial charge on any atom is 0.410 e. The lowest BCUT2D eigenvalue weighted by Gasteiger charge is -2.29. The van der Waals surface area contributed by atoms with E-state index in [-0.39, 0.29) is 30.2 Å². The van der Waals surface area contributed by atoms with Gasteiger partial charge in [0.2, 0.25) is 0 Å². The number of methoxy groups -OCH3 is 1. The molecular weight excluding hydrogens is 612 g/mol. The summed E-state index contributed by atoms with van der Waals surface area (Å²) in [4.78, 5) is 40.0. The van der Waals surface area contributed by atoms with Crippen LogP contribution in [0.2, 0.25) is 0 Å². The van der Waals surface area contributed by atoms with Crippen LogP contribution in [-0.2, 0) is 14.2 Å². The molecule has 0 aromatic heterocycles. The lowest BCUT2D eigenvalue weighted by Crippen LogP contribution is -2.36. The lowest BCUT2D eigenvalue weighted by molar-refractivity contribution is 0.0213. The quantitative estimate of drug-likeness (QED) is 0.242. The zero-order chi connectivity index (χ0) is 32.1. The predicted molar refractivity (Wildman–Crippen MR) is 171 cm³/mol. The molecule has 9 heteroatoms. The van der Waals surface area contributed by atoms with Gasteiger partial charge in [0.15, 0.2) is 0 Å². The maximum absolute atomic E-state index is 12.4. The van der Waals surface area contributed by atoms with Crippen LogP contribution in [-0.4, -0.2) is 59.4 Å². The minimum Gasteiger partial charge on any atom is -0.465 e. The molecule has 2 fully saturated rings. The molecule has 2 aromatic rings. The number of likely N-dealkylation sites (tertiary alicyclic amines) is 2. The van der Waals surface area contributed by atoms with Crippen molar-refractivity contribution in [2.45, 2.75) is 104 Å². The summed E-state index contributed by atoms with van der Waals surface area (Å²) in [5.74, 6) is -0.352. The van der Waals surface area contributed by atoms with Crippen molar-refractivity contribution in [1.82, 2.24) is 9.80 Å². The SMILES string of the molecule is COC(=O)c1ccc(C2CCCN2C(=O)OC(C)(C)C)c(C)c1.Cc1cc(Br)ccc1C1CCCN1C(=O)OC(C)(C)C. The van der Waals surface area contributed by atoms with Crippen LogP contribution in [0.4, 0.5) is 9.59 Å². The average molecular weight is 660 g/mol. The average Bonchev–Trinajstić information content (AvgIpc) is 3.57. The van der Waals surface area contributed by atoms with Crippen molar-refractivity contribution < 1.29 is 28.6 Å². The Kier molecular flexibility index (Phi) is 11.3. The van der Waals surface area contributed by atoms with E-state index in [2.05, 4.69) is 35.0 Å². The van der Waals surface area contributed by atoms with Gasteiger partial charge in [-0.2, -0.15) is 0 Å². The van der Waals surface area contributed by atoms with Crippen LogP contribution in [0.1, 0.15) is 112 Å². The highest BCUT2D eigenvalue weighted by molar-refractivity contribution is 9.10. The van der Waals surface area contributed by atoms with Crippen LogP contribution >= 0.6 is 15.9 Å². The fraction of sp³-hybridized carbons (Fsp3) is 0.559. The molecule has 2 amide bonds. The van der Waals surface area contributed by atoms with Gasteiger partial charge < -0.3 is 24.0 Å². The molecule has 236 valence electrons. The van der Waals surface area contributed by atoms with Gasteiger partial charge in [0.05, 0.1) is 24.8 Å². The molecule has 0 radical (unpaired) electrons. The molecule has 2 saturated heterocycles. The van der Waals surface area contributed by atoms with Gasteiger partial charge >= 0.3 is 18.2 Å². The van der Waals surface area contributed by atoms with E-state index in [1.807, 2.05) is 71.6 Å². The molecule has 2 heterocycles. The third-order valence-electron chi connectivity index (χ3n) is 7.40. The zero-order valence-electron chi connectivity index (χ0n) is 27.1. The summed E-state index contributed by atoms with van der Waals surface area (Å²) in [6.45, 7) is 16.8. The molecular formula is C34H47BrN2O6. The molecule has 2 atom stereocenters. The van der Waals surface area contributed by atoms with Gasteiger partial charge in [-0.3, -0.25) is 0 Å². The van der Waals surface area contributed by atoms with Crippen molar-refractivity contribution in [3.63, 3.8) is 0 Å². The van der Waals surface area contributed by atoms with Gasteiger partial charge in [-0.25, -0.2) is 14.4 Å². The van der Waals surface area contributed by atoms with Crippen molar-refractivity contribution in [2.75, 3.05) is 20.2 Å². The standard InChI is InChI=1S/C18H25NO4.C16H22BrNO2/c1-12-11-13(16(20)22-5)8-9-14(12)15-7-6-10-19(15)17(21)23-18(2,3)4;1-11-10-12(17)7-8-13(11)14-6-5-9-18(14)15(19)20-16(2,3)4/h8-9,11,15H,6-7,10H2,1-5H3;7-8,10,14H,5-6,9H2,1-4H3. The molecule has 0 aliphatic carbocycles. The fourth-order valence-electron chi connectivity index (χ4n) is 5.57. The summed E-state index contributed by atoms with van der Waals surface area (Å²) in [5.41, 5.74) is 4.04. The number of halogens is 1. The van der Waals surface area contributed by atoms with Gasteiger partial charge in [-0.05, 0) is 128 Å². The first-order chi connectivity index (χ1) is 20.0. The summed E-state index contributed by atoms with van der Waals surface area (Å²) >= 11 is 3.48. The summed E-state index contributed by atoms with van der Waals surface area (Å²) in [7, 11) is 1.37. The van der Waals surface area contributed by atoms with Crippen molar-refractivity contribution in [1.29, 1.82) is 0 Å². The number of nitrogens with zero attached hydrogens (tertiary/aromatic N) is 2. The number of benzene rings is 2. The monoisotopic (exact) mass is 658 g/mol. The number of hydrogen-bond donors (Lipinski definition) is 0. The van der Waals surface area contributed by atoms with E-state index in [9.17, 15) is 14.4 Å². The van der Waals surface area contributed by atoms with Crippen molar-refractivity contribution >= 4 is 34.1 Å². The van der Waals surface area contributed by atoms with Crippen LogP contribution in [0.5, 0.6) is 0 Å². The number of aryl methyl sites for hydroxylation is 2. The van der Waals surface area contributed by atoms with Gasteiger partial charge in [0.25, 0.3) is 0 Å². The Hall–Kier alpha value is -3.07. The minimum absolute atomic E-state index is 0.00320. The van der Waals surface area contributed by atoms with E-state index in [0.29, 0.717) is 12.1 Å². The number of rotatable bonds is 3. The number of carbonyl (C=O) groups excluding carboxylic acids is 3. The van der Waals surface area contributed by atoms with Crippen molar-refractivity contribution in [2.24, 2.45) is 0 Å². The normalized spacial score (nSPS) is 18.6. The minimum atomic E-state index is -0.506. The van der Waals surface area contributed by atoms with Crippen molar-refractivity contribution in [3.8, 4) is 0 Å². The lowest BCUT2D eigenvalue weighted by atomic mass is 9.97. The summed E-state index contributed by atoms with van der Waals surface area (Å²) in [5, 5.41) is 0. The molecule has 43 heavy (non-hydrogen) atoms. The summed E-state index contributed by atoms with van der Waals surface area (Å²) < 4.78 is 16.8. The van der Waals surface area contributed by atoms with Gasteiger partial charge in [-0.1, -0.05) is 28.1 Å². The Morgan fingerprint density at radius 2 is 1.19 bits per heavy atom. The van der Waals surface area contributed by atoms with Crippen LogP contribution in [0, 0.1) is 13.8 Å². The van der Waals surface area contributed by atoms with Crippen LogP contribution in [0.15, 0.2) is 40.9 Å². The van der Waals surface area contributed by atoms with Crippen molar-refractivity contribution in [3.05, 3.63) is 68.7 Å². The summed E-state index contributed by atoms with van der Waals surface area (Å²) in [6.07, 6.45) is 3.39. The molecule has 0 spiro atoms. The molecule has 2 aliphatic heterocycles. The van der Waals surface area contributed by atoms with E-state index in [1.165, 1.54) is 18.2 Å². The van der Waals surface area contributed by atoms with E-state index in [4.69, 9.17) is 14.2 Å². The highest BCUT2D eigenvalue weighted by Gasteiger charge is 2.35. The smallest absolute Gasteiger partial charge is 0.410 e. The highest BCUT2D eigenvalue weighted by Crippen LogP contribution is 2.36. The Balaban J connectivity index is 0.000000238. The Morgan fingerprint density at radius 1 is 0.744 bits per heavy atom. The number of amides is 2. The van der Waals surface area contributed by atoms with E-state index in [1.54, 1.807) is 11.0 Å². The third kappa shape index (κ3) is 9.46. The van der Waals surface area contributed by atoms with E-state index >= 15 is 0 Å². The van der Waals surface area contributed by atoms with Gasteiger partial charge in [0.1, 0.15) is 11.2 Å². The first kappa shape index (κ1) is 34.4. The second-order valence-corrected chi connectivity index (χ2v) is 14.1. The zero-order valence-corrected chi connectivity index (χ0v) is 28.7.